The quantitative estimate of drug-likeness (QED) is 0.259. The molecular formula is C15H19FN4O6. The van der Waals surface area contributed by atoms with Crippen LogP contribution in [0.2, 0.25) is 0 Å². The molecule has 1 rings (SSSR count). The maximum absolute atomic E-state index is 13.3. The number of nitrogens with two attached hydrogens (primary N) is 1. The molecule has 11 heteroatoms. The third-order valence-electron chi connectivity index (χ3n) is 3.44. The lowest BCUT2D eigenvalue weighted by atomic mass is 10.1. The van der Waals surface area contributed by atoms with Crippen LogP contribution in [-0.2, 0) is 9.59 Å². The molecule has 0 radical (unpaired) electrons. The van der Waals surface area contributed by atoms with E-state index in [4.69, 9.17) is 10.8 Å². The Morgan fingerprint density at radius 2 is 2.00 bits per heavy atom. The second-order valence-corrected chi connectivity index (χ2v) is 5.34. The van der Waals surface area contributed by atoms with E-state index in [9.17, 15) is 28.9 Å². The number of nitrogens with one attached hydrogen (secondary N) is 2. The van der Waals surface area contributed by atoms with Gasteiger partial charge in [0.15, 0.2) is 0 Å². The molecule has 0 aromatic heterocycles. The lowest BCUT2D eigenvalue weighted by Crippen LogP contribution is -2.41. The Hall–Kier alpha value is -3.08. The molecule has 2 amide bonds. The Labute approximate surface area is 147 Å². The molecule has 0 aliphatic rings. The summed E-state index contributed by atoms with van der Waals surface area (Å²) < 4.78 is 13.3. The van der Waals surface area contributed by atoms with Gasteiger partial charge in [-0.05, 0) is 31.4 Å². The lowest BCUT2D eigenvalue weighted by molar-refractivity contribution is -0.387. The minimum atomic E-state index is -1.28. The number of nitro groups is 1. The number of carbonyl (C=O) groups excluding carboxylic acids is 2. The van der Waals surface area contributed by atoms with E-state index in [1.807, 2.05) is 0 Å². The highest BCUT2D eigenvalue weighted by Gasteiger charge is 2.22. The predicted octanol–water partition coefficient (Wildman–Crippen LogP) is 0.162. The number of halogens is 1. The average molecular weight is 370 g/mol. The first-order valence-corrected chi connectivity index (χ1v) is 7.70. The van der Waals surface area contributed by atoms with E-state index in [0.717, 1.165) is 18.2 Å². The van der Waals surface area contributed by atoms with Crippen molar-refractivity contribution in [2.24, 2.45) is 5.73 Å². The van der Waals surface area contributed by atoms with Crippen LogP contribution in [0, 0.1) is 15.9 Å². The zero-order valence-electron chi connectivity index (χ0n) is 13.7. The summed E-state index contributed by atoms with van der Waals surface area (Å²) in [5, 5.41) is 24.6. The fourth-order valence-electron chi connectivity index (χ4n) is 2.07. The summed E-state index contributed by atoms with van der Waals surface area (Å²) in [6, 6.07) is 1.31. The molecule has 1 aromatic carbocycles. The van der Waals surface area contributed by atoms with E-state index in [0.29, 0.717) is 19.4 Å². The van der Waals surface area contributed by atoms with Gasteiger partial charge >= 0.3 is 11.7 Å². The summed E-state index contributed by atoms with van der Waals surface area (Å²) in [5.74, 6) is -3.57. The normalized spacial score (nSPS) is 11.5. The number of aliphatic carboxylic acids is 1. The van der Waals surface area contributed by atoms with Crippen LogP contribution in [0.15, 0.2) is 18.2 Å². The lowest BCUT2D eigenvalue weighted by Gasteiger charge is -2.14. The van der Waals surface area contributed by atoms with Crippen LogP contribution in [0.1, 0.15) is 29.6 Å². The van der Waals surface area contributed by atoms with Crippen molar-refractivity contribution >= 4 is 23.5 Å². The Morgan fingerprint density at radius 1 is 1.31 bits per heavy atom. The van der Waals surface area contributed by atoms with Crippen molar-refractivity contribution in [1.29, 1.82) is 0 Å². The first-order chi connectivity index (χ1) is 12.3. The van der Waals surface area contributed by atoms with Crippen LogP contribution >= 0.6 is 0 Å². The number of carboxylic acids is 1. The van der Waals surface area contributed by atoms with Crippen molar-refractivity contribution in [3.8, 4) is 0 Å². The van der Waals surface area contributed by atoms with Gasteiger partial charge in [0.2, 0.25) is 11.7 Å². The van der Waals surface area contributed by atoms with Crippen molar-refractivity contribution in [1.82, 2.24) is 10.6 Å². The number of nitrogens with zero attached hydrogens (tertiary/aromatic N) is 1. The number of rotatable bonds is 10. The molecule has 142 valence electrons. The molecule has 5 N–H and O–H groups in total. The van der Waals surface area contributed by atoms with Crippen LogP contribution < -0.4 is 16.4 Å². The maximum atomic E-state index is 13.3. The largest absolute Gasteiger partial charge is 0.480 e. The Morgan fingerprint density at radius 3 is 2.58 bits per heavy atom. The van der Waals surface area contributed by atoms with Crippen LogP contribution in [0.25, 0.3) is 0 Å². The summed E-state index contributed by atoms with van der Waals surface area (Å²) >= 11 is 0. The average Bonchev–Trinajstić information content (AvgIpc) is 2.59. The van der Waals surface area contributed by atoms with E-state index in [1.54, 1.807) is 0 Å². The fourth-order valence-corrected chi connectivity index (χ4v) is 2.07. The monoisotopic (exact) mass is 370 g/mol. The molecule has 0 saturated heterocycles. The SMILES string of the molecule is NCC(=O)NCCCC[C@H](NC(=O)c1ccc(F)c([N+](=O)[O-])c1)C(=O)O. The molecule has 0 heterocycles. The van der Waals surface area contributed by atoms with Gasteiger partial charge in [0, 0.05) is 18.2 Å². The molecule has 0 spiro atoms. The van der Waals surface area contributed by atoms with Gasteiger partial charge in [0.05, 0.1) is 11.5 Å². The van der Waals surface area contributed by atoms with E-state index < -0.39 is 34.3 Å². The number of carboxylic acid groups (broad SMARTS) is 1. The molecule has 0 aliphatic carbocycles. The number of hydrogen-bond acceptors (Lipinski definition) is 6. The molecule has 0 saturated carbocycles. The van der Waals surface area contributed by atoms with Gasteiger partial charge in [-0.3, -0.25) is 19.7 Å². The Bertz CT molecular complexity index is 697. The highest BCUT2D eigenvalue weighted by molar-refractivity contribution is 5.97. The van der Waals surface area contributed by atoms with Gasteiger partial charge in [-0.15, -0.1) is 0 Å². The second-order valence-electron chi connectivity index (χ2n) is 5.34. The molecule has 1 aromatic rings. The van der Waals surface area contributed by atoms with E-state index >= 15 is 0 Å². The predicted molar refractivity (Wildman–Crippen MR) is 87.9 cm³/mol. The molecule has 0 bridgehead atoms. The van der Waals surface area contributed by atoms with Crippen molar-refractivity contribution in [3.63, 3.8) is 0 Å². The molecular weight excluding hydrogens is 351 g/mol. The van der Waals surface area contributed by atoms with Crippen LogP contribution in [0.5, 0.6) is 0 Å². The summed E-state index contributed by atoms with van der Waals surface area (Å²) in [6.45, 7) is 0.179. The van der Waals surface area contributed by atoms with E-state index in [2.05, 4.69) is 10.6 Å². The standard InChI is InChI=1S/C15H19FN4O6/c16-10-5-4-9(7-12(10)20(25)26)14(22)19-11(15(23)24)3-1-2-6-18-13(21)8-17/h4-5,7,11H,1-3,6,8,17H2,(H,18,21)(H,19,22)(H,23,24)/t11-/m0/s1. The minimum Gasteiger partial charge on any atom is -0.480 e. The molecule has 0 aliphatic heterocycles. The maximum Gasteiger partial charge on any atom is 0.326 e. The van der Waals surface area contributed by atoms with Crippen LogP contribution in [0.4, 0.5) is 10.1 Å². The first-order valence-electron chi connectivity index (χ1n) is 7.70. The number of benzene rings is 1. The van der Waals surface area contributed by atoms with E-state index in [1.165, 1.54) is 0 Å². The van der Waals surface area contributed by atoms with Crippen molar-refractivity contribution in [2.75, 3.05) is 13.1 Å². The molecule has 26 heavy (non-hydrogen) atoms. The van der Waals surface area contributed by atoms with Crippen molar-refractivity contribution < 1.29 is 28.8 Å². The zero-order chi connectivity index (χ0) is 19.7. The Balaban J connectivity index is 2.63. The summed E-state index contributed by atoms with van der Waals surface area (Å²) in [7, 11) is 0. The molecule has 0 fully saturated rings. The number of nitro benzene ring substituents is 1. The molecule has 1 atom stereocenters. The summed E-state index contributed by atoms with van der Waals surface area (Å²) in [6.07, 6.45) is 0.960. The van der Waals surface area contributed by atoms with Gasteiger partial charge in [-0.25, -0.2) is 4.79 Å². The minimum absolute atomic E-state index is 0.0862. The fraction of sp³-hybridized carbons (Fsp3) is 0.400. The highest BCUT2D eigenvalue weighted by Crippen LogP contribution is 2.18. The topological polar surface area (TPSA) is 165 Å². The van der Waals surface area contributed by atoms with Crippen molar-refractivity contribution in [3.05, 3.63) is 39.7 Å². The molecule has 0 unspecified atom stereocenters. The third-order valence-corrected chi connectivity index (χ3v) is 3.44. The number of unbranched alkanes of at least 4 members (excludes halogenated alkanes) is 1. The van der Waals surface area contributed by atoms with Gasteiger partial charge in [0.25, 0.3) is 5.91 Å². The smallest absolute Gasteiger partial charge is 0.326 e. The summed E-state index contributed by atoms with van der Waals surface area (Å²) in [5.41, 5.74) is 4.02. The van der Waals surface area contributed by atoms with E-state index in [-0.39, 0.29) is 24.4 Å². The number of amides is 2. The van der Waals surface area contributed by atoms with Gasteiger partial charge < -0.3 is 21.5 Å². The number of hydrogen-bond donors (Lipinski definition) is 4. The zero-order valence-corrected chi connectivity index (χ0v) is 13.7. The van der Waals surface area contributed by atoms with Crippen LogP contribution in [-0.4, -0.2) is 46.9 Å². The van der Waals surface area contributed by atoms with Crippen molar-refractivity contribution in [2.45, 2.75) is 25.3 Å². The number of carbonyl (C=O) groups is 3. The first kappa shape index (κ1) is 21.0. The van der Waals surface area contributed by atoms with Gasteiger partial charge in [0.1, 0.15) is 6.04 Å². The third kappa shape index (κ3) is 6.43. The van der Waals surface area contributed by atoms with Gasteiger partial charge in [-0.1, -0.05) is 0 Å². The highest BCUT2D eigenvalue weighted by atomic mass is 19.1. The summed E-state index contributed by atoms with van der Waals surface area (Å²) in [4.78, 5) is 44.0. The second kappa shape index (κ2) is 10.0. The van der Waals surface area contributed by atoms with Crippen LogP contribution in [0.3, 0.4) is 0 Å². The Kier molecular flexibility index (Phi) is 8.09. The molecule has 10 nitrogen and oxygen atoms in total. The van der Waals surface area contributed by atoms with Gasteiger partial charge in [-0.2, -0.15) is 4.39 Å².